The number of aliphatic hydroxyl groups excluding tert-OH is 2. The first kappa shape index (κ1) is 44.5. The summed E-state index contributed by atoms with van der Waals surface area (Å²) in [5, 5.41) is 46.8. The van der Waals surface area contributed by atoms with Crippen LogP contribution < -0.4 is 0 Å². The van der Waals surface area contributed by atoms with Crippen molar-refractivity contribution in [1.82, 2.24) is 0 Å². The summed E-state index contributed by atoms with van der Waals surface area (Å²) in [5.74, 6) is -7.16. The first-order chi connectivity index (χ1) is 25.5. The molecule has 11 atom stereocenters. The molecule has 0 aromatic heterocycles. The Bertz CT molecular complexity index is 1510. The van der Waals surface area contributed by atoms with Crippen LogP contribution in [-0.2, 0) is 52.3 Å². The number of esters is 4. The van der Waals surface area contributed by atoms with Crippen LogP contribution in [0, 0.1) is 10.8 Å². The SMILES string of the molecule is C/C=C1/C[C@H]2CC3(O)O[C@H](C[C@@H](O)CC(=O)O[C@@H]([C@@H](C)O)C[C@@H]4C/C(=C\C(=O)OC)[C@H](OC(C)=O)[C@@](O)(O4)C(C)(C)/C=C/[C@@H](C1)O2)C[C@H](OC(C)=O)C3(C)C. The van der Waals surface area contributed by atoms with Gasteiger partial charge in [0, 0.05) is 51.0 Å². The van der Waals surface area contributed by atoms with E-state index in [1.165, 1.54) is 21.0 Å². The number of carbonyl (C=O) groups excluding carboxylic acids is 4. The highest BCUT2D eigenvalue weighted by atomic mass is 16.7. The third kappa shape index (κ3) is 10.4. The molecule has 3 fully saturated rings. The summed E-state index contributed by atoms with van der Waals surface area (Å²) in [6, 6.07) is 0. The number of aliphatic hydroxyl groups is 4. The maximum absolute atomic E-state index is 13.3. The molecule has 4 heterocycles. The lowest BCUT2D eigenvalue weighted by molar-refractivity contribution is -0.348. The summed E-state index contributed by atoms with van der Waals surface area (Å²) in [6.07, 6.45) is -2.30. The minimum Gasteiger partial charge on any atom is -0.466 e. The molecule has 0 saturated carbocycles. The fraction of sp³-hybridized carbons (Fsp3) is 0.750. The molecule has 0 aromatic carbocycles. The quantitative estimate of drug-likeness (QED) is 0.140. The van der Waals surface area contributed by atoms with Crippen LogP contribution in [0.15, 0.2) is 35.5 Å². The largest absolute Gasteiger partial charge is 0.466 e. The average molecular weight is 781 g/mol. The molecule has 0 aliphatic carbocycles. The number of fused-ring (bicyclic) bond motifs is 6. The van der Waals surface area contributed by atoms with Gasteiger partial charge in [-0.25, -0.2) is 4.79 Å². The highest BCUT2D eigenvalue weighted by Gasteiger charge is 2.59. The number of carbonyl (C=O) groups is 4. The minimum atomic E-state index is -2.32. The molecule has 4 aliphatic heterocycles. The fourth-order valence-electron chi connectivity index (χ4n) is 8.00. The molecule has 0 radical (unpaired) electrons. The van der Waals surface area contributed by atoms with Crippen molar-refractivity contribution in [3.63, 3.8) is 0 Å². The first-order valence-corrected chi connectivity index (χ1v) is 19.0. The lowest BCUT2D eigenvalue weighted by atomic mass is 9.70. The molecule has 3 saturated heterocycles. The van der Waals surface area contributed by atoms with Crippen molar-refractivity contribution >= 4 is 23.9 Å². The van der Waals surface area contributed by atoms with E-state index in [0.29, 0.717) is 12.8 Å². The van der Waals surface area contributed by atoms with Crippen LogP contribution in [0.5, 0.6) is 0 Å². The van der Waals surface area contributed by atoms with Crippen molar-refractivity contribution in [2.24, 2.45) is 10.8 Å². The van der Waals surface area contributed by atoms with Gasteiger partial charge >= 0.3 is 23.9 Å². The molecule has 0 spiro atoms. The number of hydrogen-bond donors (Lipinski definition) is 4. The van der Waals surface area contributed by atoms with Crippen LogP contribution in [0.25, 0.3) is 0 Å². The topological polar surface area (TPSA) is 214 Å². The molecule has 4 N–H and O–H groups in total. The van der Waals surface area contributed by atoms with Crippen molar-refractivity contribution in [2.45, 2.75) is 173 Å². The Balaban J connectivity index is 1.84. The summed E-state index contributed by atoms with van der Waals surface area (Å²) in [5.41, 5.74) is -1.30. The van der Waals surface area contributed by atoms with Gasteiger partial charge in [0.15, 0.2) is 11.9 Å². The second-order valence-corrected chi connectivity index (χ2v) is 16.5. The van der Waals surface area contributed by atoms with Crippen LogP contribution in [0.4, 0.5) is 0 Å². The number of methoxy groups -OCH3 is 1. The lowest BCUT2D eigenvalue weighted by Gasteiger charge is -2.53. The van der Waals surface area contributed by atoms with Gasteiger partial charge in [-0.1, -0.05) is 51.5 Å². The van der Waals surface area contributed by atoms with Crippen LogP contribution in [0.3, 0.4) is 0 Å². The Labute approximate surface area is 322 Å². The molecular weight excluding hydrogens is 720 g/mol. The molecule has 15 heteroatoms. The fourth-order valence-corrected chi connectivity index (χ4v) is 8.00. The van der Waals surface area contributed by atoms with E-state index in [9.17, 15) is 39.6 Å². The predicted molar refractivity (Wildman–Crippen MR) is 194 cm³/mol. The van der Waals surface area contributed by atoms with Gasteiger partial charge in [-0.3, -0.25) is 14.4 Å². The van der Waals surface area contributed by atoms with Gasteiger partial charge in [-0.2, -0.15) is 0 Å². The van der Waals surface area contributed by atoms with Crippen molar-refractivity contribution in [3.8, 4) is 0 Å². The number of rotatable bonds is 4. The Hall–Kier alpha value is -3.18. The Morgan fingerprint density at radius 1 is 0.927 bits per heavy atom. The van der Waals surface area contributed by atoms with Gasteiger partial charge in [-0.05, 0) is 38.7 Å². The Kier molecular flexibility index (Phi) is 14.2. The van der Waals surface area contributed by atoms with Crippen molar-refractivity contribution in [2.75, 3.05) is 7.11 Å². The summed E-state index contributed by atoms with van der Waals surface area (Å²) < 4.78 is 41.2. The smallest absolute Gasteiger partial charge is 0.330 e. The summed E-state index contributed by atoms with van der Waals surface area (Å²) in [7, 11) is 1.18. The number of ether oxygens (including phenoxy) is 7. The molecule has 310 valence electrons. The third-order valence-electron chi connectivity index (χ3n) is 11.4. The van der Waals surface area contributed by atoms with Gasteiger partial charge < -0.3 is 53.6 Å². The van der Waals surface area contributed by atoms with E-state index < -0.39 is 108 Å². The second kappa shape index (κ2) is 17.5. The number of cyclic esters (lactones) is 1. The van der Waals surface area contributed by atoms with E-state index in [4.69, 9.17) is 33.2 Å². The second-order valence-electron chi connectivity index (χ2n) is 16.5. The molecule has 4 rings (SSSR count). The standard InChI is InChI=1S/C40H60O15/c1-10-25-13-28-11-12-37(5,6)40(48)36(51-24(4)43)26(16-34(45)49-9)15-29(55-40)19-32(22(2)41)53-35(46)18-27(44)17-30-20-33(50-23(3)42)38(7,8)39(47,54-30)21-31(14-25)52-28/h10-12,16,22,27-33,36,41,44,47-48H,13-15,17-21H2,1-9H3/b12-11+,25-10+,26-16+/t22-,27-,28+,29+,30-,31+,32-,33+,36+,39?,40-/m1/s1. The van der Waals surface area contributed by atoms with Crippen LogP contribution in [0.2, 0.25) is 0 Å². The minimum absolute atomic E-state index is 0.0432. The Morgan fingerprint density at radius 2 is 1.60 bits per heavy atom. The molecule has 6 bridgehead atoms. The monoisotopic (exact) mass is 780 g/mol. The maximum Gasteiger partial charge on any atom is 0.330 e. The molecular formula is C40H60O15. The predicted octanol–water partition coefficient (Wildman–Crippen LogP) is 3.23. The zero-order chi connectivity index (χ0) is 41.1. The summed E-state index contributed by atoms with van der Waals surface area (Å²) in [6.45, 7) is 12.5. The zero-order valence-electron chi connectivity index (χ0n) is 33.4. The van der Waals surface area contributed by atoms with Crippen molar-refractivity contribution in [1.29, 1.82) is 0 Å². The maximum atomic E-state index is 13.3. The van der Waals surface area contributed by atoms with Gasteiger partial charge in [0.25, 0.3) is 0 Å². The highest BCUT2D eigenvalue weighted by Crippen LogP contribution is 2.50. The normalized spacial score (nSPS) is 39.5. The van der Waals surface area contributed by atoms with Crippen LogP contribution >= 0.6 is 0 Å². The van der Waals surface area contributed by atoms with Gasteiger partial charge in [0.2, 0.25) is 5.79 Å². The van der Waals surface area contributed by atoms with E-state index in [1.807, 2.05) is 13.0 Å². The van der Waals surface area contributed by atoms with E-state index in [2.05, 4.69) is 0 Å². The van der Waals surface area contributed by atoms with Gasteiger partial charge in [0.1, 0.15) is 12.2 Å². The third-order valence-corrected chi connectivity index (χ3v) is 11.4. The van der Waals surface area contributed by atoms with E-state index in [-0.39, 0.29) is 37.7 Å². The number of allylic oxidation sites excluding steroid dienone is 1. The van der Waals surface area contributed by atoms with E-state index in [0.717, 1.165) is 18.6 Å². The molecule has 4 aliphatic rings. The van der Waals surface area contributed by atoms with Gasteiger partial charge in [-0.15, -0.1) is 0 Å². The summed E-state index contributed by atoms with van der Waals surface area (Å²) in [4.78, 5) is 50.5. The molecule has 0 amide bonds. The van der Waals surface area contributed by atoms with Crippen molar-refractivity contribution in [3.05, 3.63) is 35.5 Å². The van der Waals surface area contributed by atoms with E-state index >= 15 is 0 Å². The van der Waals surface area contributed by atoms with E-state index in [1.54, 1.807) is 39.8 Å². The molecule has 0 aromatic rings. The zero-order valence-corrected chi connectivity index (χ0v) is 33.4. The Morgan fingerprint density at radius 3 is 2.20 bits per heavy atom. The molecule has 15 nitrogen and oxygen atoms in total. The molecule has 55 heavy (non-hydrogen) atoms. The van der Waals surface area contributed by atoms with Crippen LogP contribution in [0.1, 0.15) is 107 Å². The van der Waals surface area contributed by atoms with Crippen LogP contribution in [-0.4, -0.2) is 118 Å². The average Bonchev–Trinajstić information content (AvgIpc) is 3.06. The number of hydrogen-bond acceptors (Lipinski definition) is 15. The lowest BCUT2D eigenvalue weighted by Crippen LogP contribution is -2.62. The molecule has 1 unspecified atom stereocenters. The van der Waals surface area contributed by atoms with Gasteiger partial charge in [0.05, 0.1) is 55.6 Å². The highest BCUT2D eigenvalue weighted by molar-refractivity contribution is 5.83. The van der Waals surface area contributed by atoms with Crippen molar-refractivity contribution < 1.29 is 72.8 Å². The summed E-state index contributed by atoms with van der Waals surface area (Å²) >= 11 is 0. The first-order valence-electron chi connectivity index (χ1n) is 19.0.